The van der Waals surface area contributed by atoms with E-state index in [0.29, 0.717) is 18.4 Å². The molecule has 132 valence electrons. The van der Waals surface area contributed by atoms with E-state index in [4.69, 9.17) is 0 Å². The van der Waals surface area contributed by atoms with E-state index in [9.17, 15) is 4.79 Å². The average molecular weight is 349 g/mol. The number of nitrogens with zero attached hydrogens (tertiary/aromatic N) is 3. The molecular formula is C18H28N4OS. The first kappa shape index (κ1) is 17.5. The van der Waals surface area contributed by atoms with E-state index in [2.05, 4.69) is 26.3 Å². The molecule has 1 aliphatic carbocycles. The van der Waals surface area contributed by atoms with Gasteiger partial charge in [0.15, 0.2) is 5.16 Å². The maximum Gasteiger partial charge on any atom is 0.220 e. The molecular weight excluding hydrogens is 320 g/mol. The SMILES string of the molecule is CSc1nc(C)cc(N2CCC(CC(=O)NC3CCCC3)CC2)n1. The van der Waals surface area contributed by atoms with E-state index < -0.39 is 0 Å². The molecule has 1 saturated heterocycles. The smallest absolute Gasteiger partial charge is 0.220 e. The number of carbonyl (C=O) groups is 1. The molecule has 1 aromatic heterocycles. The molecule has 0 unspecified atom stereocenters. The molecule has 1 aromatic rings. The standard InChI is InChI=1S/C18H28N4OS/c1-13-11-16(21-18(19-13)24-2)22-9-7-14(8-10-22)12-17(23)20-15-5-3-4-6-15/h11,14-15H,3-10,12H2,1-2H3,(H,20,23). The van der Waals surface area contributed by atoms with Gasteiger partial charge in [0.25, 0.3) is 0 Å². The van der Waals surface area contributed by atoms with Gasteiger partial charge in [-0.25, -0.2) is 9.97 Å². The monoisotopic (exact) mass is 348 g/mol. The zero-order chi connectivity index (χ0) is 16.9. The second-order valence-electron chi connectivity index (χ2n) is 7.04. The number of hydrogen-bond donors (Lipinski definition) is 1. The number of hydrogen-bond acceptors (Lipinski definition) is 5. The van der Waals surface area contributed by atoms with Gasteiger partial charge in [-0.1, -0.05) is 24.6 Å². The maximum absolute atomic E-state index is 12.2. The highest BCUT2D eigenvalue weighted by molar-refractivity contribution is 7.98. The third kappa shape index (κ3) is 4.62. The molecule has 5 nitrogen and oxygen atoms in total. The van der Waals surface area contributed by atoms with Gasteiger partial charge in [0.05, 0.1) is 0 Å². The van der Waals surface area contributed by atoms with Gasteiger partial charge in [-0.3, -0.25) is 4.79 Å². The van der Waals surface area contributed by atoms with Gasteiger partial charge in [-0.05, 0) is 44.8 Å². The molecule has 1 aliphatic heterocycles. The van der Waals surface area contributed by atoms with Crippen LogP contribution in [0.1, 0.15) is 50.6 Å². The molecule has 3 rings (SSSR count). The first-order chi connectivity index (χ1) is 11.6. The van der Waals surface area contributed by atoms with E-state index in [1.54, 1.807) is 11.8 Å². The first-order valence-electron chi connectivity index (χ1n) is 9.08. The summed E-state index contributed by atoms with van der Waals surface area (Å²) in [4.78, 5) is 23.6. The van der Waals surface area contributed by atoms with Crippen LogP contribution in [0, 0.1) is 12.8 Å². The molecule has 0 atom stereocenters. The number of nitrogens with one attached hydrogen (secondary N) is 1. The lowest BCUT2D eigenvalue weighted by molar-refractivity contribution is -0.122. The lowest BCUT2D eigenvalue weighted by atomic mass is 9.93. The van der Waals surface area contributed by atoms with Crippen LogP contribution in [0.25, 0.3) is 0 Å². The second kappa shape index (κ2) is 8.19. The van der Waals surface area contributed by atoms with Crippen LogP contribution in [0.15, 0.2) is 11.2 Å². The van der Waals surface area contributed by atoms with Crippen LogP contribution < -0.4 is 10.2 Å². The van der Waals surface area contributed by atoms with Crippen molar-refractivity contribution in [3.05, 3.63) is 11.8 Å². The van der Waals surface area contributed by atoms with Gasteiger partial charge in [0.1, 0.15) is 5.82 Å². The van der Waals surface area contributed by atoms with Gasteiger partial charge in [-0.2, -0.15) is 0 Å². The highest BCUT2D eigenvalue weighted by Crippen LogP contribution is 2.26. The van der Waals surface area contributed by atoms with Crippen LogP contribution in [0.4, 0.5) is 5.82 Å². The summed E-state index contributed by atoms with van der Waals surface area (Å²) in [7, 11) is 0. The minimum atomic E-state index is 0.253. The zero-order valence-electron chi connectivity index (χ0n) is 14.8. The molecule has 2 fully saturated rings. The third-order valence-electron chi connectivity index (χ3n) is 5.14. The van der Waals surface area contributed by atoms with Gasteiger partial charge in [0, 0.05) is 37.3 Å². The molecule has 1 amide bonds. The molecule has 0 aromatic carbocycles. The minimum Gasteiger partial charge on any atom is -0.356 e. The number of rotatable bonds is 5. The Bertz CT molecular complexity index is 566. The summed E-state index contributed by atoms with van der Waals surface area (Å²) < 4.78 is 0. The third-order valence-corrected chi connectivity index (χ3v) is 5.68. The number of amides is 1. The minimum absolute atomic E-state index is 0.253. The Balaban J connectivity index is 1.48. The Kier molecular flexibility index (Phi) is 5.98. The summed E-state index contributed by atoms with van der Waals surface area (Å²) in [5.41, 5.74) is 1.02. The zero-order valence-corrected chi connectivity index (χ0v) is 15.6. The highest BCUT2D eigenvalue weighted by Gasteiger charge is 2.24. The molecule has 6 heteroatoms. The van der Waals surface area contributed by atoms with Crippen LogP contribution >= 0.6 is 11.8 Å². The molecule has 2 heterocycles. The predicted molar refractivity (Wildman–Crippen MR) is 98.5 cm³/mol. The summed E-state index contributed by atoms with van der Waals surface area (Å²) in [6, 6.07) is 2.50. The fourth-order valence-electron chi connectivity index (χ4n) is 3.76. The molecule has 1 saturated carbocycles. The molecule has 24 heavy (non-hydrogen) atoms. The van der Waals surface area contributed by atoms with Crippen molar-refractivity contribution in [2.24, 2.45) is 5.92 Å². The topological polar surface area (TPSA) is 58.1 Å². The normalized spacial score (nSPS) is 19.7. The highest BCUT2D eigenvalue weighted by atomic mass is 32.2. The number of thioether (sulfide) groups is 1. The lowest BCUT2D eigenvalue weighted by Gasteiger charge is -2.33. The Morgan fingerprint density at radius 2 is 1.96 bits per heavy atom. The van der Waals surface area contributed by atoms with Crippen LogP contribution in [0.5, 0.6) is 0 Å². The van der Waals surface area contributed by atoms with Crippen molar-refractivity contribution >= 4 is 23.5 Å². The van der Waals surface area contributed by atoms with Crippen LogP contribution in [0.2, 0.25) is 0 Å². The summed E-state index contributed by atoms with van der Waals surface area (Å²) >= 11 is 1.58. The van der Waals surface area contributed by atoms with E-state index in [0.717, 1.165) is 55.4 Å². The van der Waals surface area contributed by atoms with Crippen LogP contribution in [-0.2, 0) is 4.79 Å². The Morgan fingerprint density at radius 3 is 2.62 bits per heavy atom. The molecule has 0 bridgehead atoms. The number of anilines is 1. The second-order valence-corrected chi connectivity index (χ2v) is 7.81. The molecule has 0 spiro atoms. The molecule has 2 aliphatic rings. The van der Waals surface area contributed by atoms with Crippen molar-refractivity contribution in [2.45, 2.75) is 63.1 Å². The van der Waals surface area contributed by atoms with E-state index in [1.165, 1.54) is 12.8 Å². The van der Waals surface area contributed by atoms with Gasteiger partial charge in [0.2, 0.25) is 5.91 Å². The Hall–Kier alpha value is -1.30. The summed E-state index contributed by atoms with van der Waals surface area (Å²) in [5, 5.41) is 4.05. The van der Waals surface area contributed by atoms with Crippen molar-refractivity contribution in [3.63, 3.8) is 0 Å². The summed E-state index contributed by atoms with van der Waals surface area (Å²) in [6.45, 7) is 3.97. The number of piperidine rings is 1. The fourth-order valence-corrected chi connectivity index (χ4v) is 4.18. The van der Waals surface area contributed by atoms with Crippen molar-refractivity contribution in [3.8, 4) is 0 Å². The van der Waals surface area contributed by atoms with Crippen molar-refractivity contribution in [2.75, 3.05) is 24.2 Å². The Labute approximate surface area is 149 Å². The quantitative estimate of drug-likeness (QED) is 0.654. The summed E-state index contributed by atoms with van der Waals surface area (Å²) in [6.07, 6.45) is 9.67. The van der Waals surface area contributed by atoms with E-state index in [1.807, 2.05) is 13.2 Å². The maximum atomic E-state index is 12.2. The van der Waals surface area contributed by atoms with Gasteiger partial charge < -0.3 is 10.2 Å². The molecule has 0 radical (unpaired) electrons. The predicted octanol–water partition coefficient (Wildman–Crippen LogP) is 3.17. The Morgan fingerprint density at radius 1 is 1.25 bits per heavy atom. The average Bonchev–Trinajstić information content (AvgIpc) is 3.07. The van der Waals surface area contributed by atoms with Crippen molar-refractivity contribution in [1.29, 1.82) is 0 Å². The van der Waals surface area contributed by atoms with Crippen LogP contribution in [-0.4, -0.2) is 41.3 Å². The van der Waals surface area contributed by atoms with E-state index >= 15 is 0 Å². The van der Waals surface area contributed by atoms with E-state index in [-0.39, 0.29) is 5.91 Å². The molecule has 1 N–H and O–H groups in total. The van der Waals surface area contributed by atoms with Crippen molar-refractivity contribution < 1.29 is 4.79 Å². The van der Waals surface area contributed by atoms with Crippen LogP contribution in [0.3, 0.4) is 0 Å². The van der Waals surface area contributed by atoms with Crippen molar-refractivity contribution in [1.82, 2.24) is 15.3 Å². The fraction of sp³-hybridized carbons (Fsp3) is 0.722. The van der Waals surface area contributed by atoms with Gasteiger partial charge >= 0.3 is 0 Å². The van der Waals surface area contributed by atoms with Gasteiger partial charge in [-0.15, -0.1) is 0 Å². The largest absolute Gasteiger partial charge is 0.356 e. The number of aryl methyl sites for hydroxylation is 1. The first-order valence-corrected chi connectivity index (χ1v) is 10.3. The number of aromatic nitrogens is 2. The lowest BCUT2D eigenvalue weighted by Crippen LogP contribution is -2.38. The number of carbonyl (C=O) groups excluding carboxylic acids is 1. The summed E-state index contributed by atoms with van der Waals surface area (Å²) in [5.74, 6) is 1.79.